The first-order valence-electron chi connectivity index (χ1n) is 6.82. The molecular weight excluding hydrogens is 262 g/mol. The number of ether oxygens (including phenoxy) is 1. The van der Waals surface area contributed by atoms with Gasteiger partial charge < -0.3 is 10.1 Å². The Kier molecular flexibility index (Phi) is 4.19. The van der Waals surface area contributed by atoms with Crippen LogP contribution in [-0.2, 0) is 14.6 Å². The first-order valence-corrected chi connectivity index (χ1v) is 8.71. The number of nitrogens with one attached hydrogen (secondary N) is 1. The van der Waals surface area contributed by atoms with Gasteiger partial charge in [0.05, 0.1) is 15.9 Å². The average molecular weight is 291 g/mol. The molecule has 19 heavy (non-hydrogen) atoms. The molecule has 0 saturated carbocycles. The van der Waals surface area contributed by atoms with E-state index in [1.54, 1.807) is 13.8 Å². The number of rotatable bonds is 4. The van der Waals surface area contributed by atoms with Gasteiger partial charge in [-0.3, -0.25) is 0 Å². The van der Waals surface area contributed by atoms with Gasteiger partial charge in [-0.1, -0.05) is 0 Å². The zero-order chi connectivity index (χ0) is 15.3. The van der Waals surface area contributed by atoms with E-state index in [-0.39, 0.29) is 23.2 Å². The van der Waals surface area contributed by atoms with Gasteiger partial charge in [-0.25, -0.2) is 8.42 Å². The van der Waals surface area contributed by atoms with E-state index in [0.717, 1.165) is 6.42 Å². The molecule has 5 heteroatoms. The molecule has 1 aliphatic heterocycles. The SMILES string of the molecule is CNC(C1CC(C)(C)OC1(C)C)C(C)(C)S(C)(=O)=O. The molecular formula is C14H29NO3S. The average Bonchev–Trinajstić information content (AvgIpc) is 2.33. The van der Waals surface area contributed by atoms with Crippen molar-refractivity contribution in [2.75, 3.05) is 13.3 Å². The van der Waals surface area contributed by atoms with Gasteiger partial charge >= 0.3 is 0 Å². The third kappa shape index (κ3) is 3.14. The van der Waals surface area contributed by atoms with Gasteiger partial charge in [0.2, 0.25) is 0 Å². The Bertz CT molecular complexity index is 438. The first kappa shape index (κ1) is 16.9. The Hall–Kier alpha value is -0.130. The van der Waals surface area contributed by atoms with Crippen molar-refractivity contribution in [1.82, 2.24) is 5.32 Å². The lowest BCUT2D eigenvalue weighted by atomic mass is 9.77. The highest BCUT2D eigenvalue weighted by molar-refractivity contribution is 7.92. The molecule has 0 aromatic rings. The minimum Gasteiger partial charge on any atom is -0.369 e. The molecule has 0 aromatic carbocycles. The van der Waals surface area contributed by atoms with Crippen molar-refractivity contribution < 1.29 is 13.2 Å². The molecule has 0 amide bonds. The minimum atomic E-state index is -3.16. The lowest BCUT2D eigenvalue weighted by Crippen LogP contribution is -2.57. The van der Waals surface area contributed by atoms with Crippen LogP contribution in [0, 0.1) is 5.92 Å². The van der Waals surface area contributed by atoms with Crippen LogP contribution in [0.15, 0.2) is 0 Å². The van der Waals surface area contributed by atoms with E-state index in [4.69, 9.17) is 4.74 Å². The molecule has 4 nitrogen and oxygen atoms in total. The van der Waals surface area contributed by atoms with E-state index in [0.29, 0.717) is 0 Å². The maximum atomic E-state index is 12.1. The number of sulfone groups is 1. The summed E-state index contributed by atoms with van der Waals surface area (Å²) < 4.78 is 29.5. The second-order valence-electron chi connectivity index (χ2n) is 7.42. The van der Waals surface area contributed by atoms with Crippen molar-refractivity contribution >= 4 is 9.84 Å². The molecule has 0 spiro atoms. The van der Waals surface area contributed by atoms with Crippen LogP contribution >= 0.6 is 0 Å². The summed E-state index contributed by atoms with van der Waals surface area (Å²) in [5.41, 5.74) is -0.546. The molecule has 1 N–H and O–H groups in total. The zero-order valence-corrected chi connectivity index (χ0v) is 14.3. The predicted octanol–water partition coefficient (Wildman–Crippen LogP) is 1.99. The second-order valence-corrected chi connectivity index (χ2v) is 10.0. The van der Waals surface area contributed by atoms with E-state index in [1.807, 2.05) is 7.05 Å². The maximum Gasteiger partial charge on any atom is 0.154 e. The predicted molar refractivity (Wildman–Crippen MR) is 79.1 cm³/mol. The summed E-state index contributed by atoms with van der Waals surface area (Å²) in [6, 6.07) is -0.140. The van der Waals surface area contributed by atoms with Gasteiger partial charge in [0.1, 0.15) is 0 Å². The van der Waals surface area contributed by atoms with Crippen LogP contribution in [0.5, 0.6) is 0 Å². The molecule has 1 rings (SSSR count). The third-order valence-electron chi connectivity index (χ3n) is 4.56. The Labute approximate surface area is 118 Å². The zero-order valence-electron chi connectivity index (χ0n) is 13.5. The highest BCUT2D eigenvalue weighted by Gasteiger charge is 2.54. The van der Waals surface area contributed by atoms with Crippen LogP contribution in [0.25, 0.3) is 0 Å². The van der Waals surface area contributed by atoms with E-state index in [2.05, 4.69) is 33.0 Å². The largest absolute Gasteiger partial charge is 0.369 e. The van der Waals surface area contributed by atoms with Crippen molar-refractivity contribution in [2.45, 2.75) is 70.0 Å². The van der Waals surface area contributed by atoms with Crippen molar-refractivity contribution in [3.8, 4) is 0 Å². The molecule has 1 aliphatic rings. The summed E-state index contributed by atoms with van der Waals surface area (Å²) in [4.78, 5) is 0. The minimum absolute atomic E-state index is 0.140. The number of hydrogen-bond acceptors (Lipinski definition) is 4. The van der Waals surface area contributed by atoms with Crippen LogP contribution in [0.3, 0.4) is 0 Å². The quantitative estimate of drug-likeness (QED) is 0.860. The highest BCUT2D eigenvalue weighted by atomic mass is 32.2. The van der Waals surface area contributed by atoms with Gasteiger partial charge in [-0.05, 0) is 55.0 Å². The smallest absolute Gasteiger partial charge is 0.154 e. The Balaban J connectivity index is 3.19. The van der Waals surface area contributed by atoms with Crippen LogP contribution < -0.4 is 5.32 Å². The fourth-order valence-corrected chi connectivity index (χ4v) is 4.13. The molecule has 1 saturated heterocycles. The molecule has 0 aromatic heterocycles. The number of hydrogen-bond donors (Lipinski definition) is 1. The molecule has 0 bridgehead atoms. The Morgan fingerprint density at radius 3 is 2.00 bits per heavy atom. The van der Waals surface area contributed by atoms with Crippen molar-refractivity contribution in [2.24, 2.45) is 5.92 Å². The molecule has 2 unspecified atom stereocenters. The third-order valence-corrected chi connectivity index (χ3v) is 6.73. The normalized spacial score (nSPS) is 28.3. The monoisotopic (exact) mass is 291 g/mol. The summed E-state index contributed by atoms with van der Waals surface area (Å²) >= 11 is 0. The van der Waals surface area contributed by atoms with Crippen LogP contribution in [0.2, 0.25) is 0 Å². The molecule has 0 aliphatic carbocycles. The summed E-state index contributed by atoms with van der Waals surface area (Å²) in [6.45, 7) is 11.8. The Morgan fingerprint density at radius 1 is 1.26 bits per heavy atom. The van der Waals surface area contributed by atoms with Gasteiger partial charge in [-0.2, -0.15) is 0 Å². The standard InChI is InChI=1S/C14H29NO3S/c1-12(2)9-10(13(3,4)18-12)11(15-7)14(5,6)19(8,16)17/h10-11,15H,9H2,1-8H3. The first-order chi connectivity index (χ1) is 8.24. The molecule has 114 valence electrons. The summed E-state index contributed by atoms with van der Waals surface area (Å²) in [6.07, 6.45) is 2.16. The summed E-state index contributed by atoms with van der Waals surface area (Å²) in [5, 5.41) is 3.23. The van der Waals surface area contributed by atoms with Crippen molar-refractivity contribution in [3.63, 3.8) is 0 Å². The van der Waals surface area contributed by atoms with Gasteiger partial charge in [0, 0.05) is 18.2 Å². The fourth-order valence-electron chi connectivity index (χ4n) is 3.39. The van der Waals surface area contributed by atoms with Crippen LogP contribution in [0.4, 0.5) is 0 Å². The fraction of sp³-hybridized carbons (Fsp3) is 1.00. The van der Waals surface area contributed by atoms with Gasteiger partial charge in [0.25, 0.3) is 0 Å². The summed E-state index contributed by atoms with van der Waals surface area (Å²) in [5.74, 6) is 0.150. The lowest BCUT2D eigenvalue weighted by molar-refractivity contribution is -0.0784. The second kappa shape index (κ2) is 4.71. The van der Waals surface area contributed by atoms with Crippen molar-refractivity contribution in [1.29, 1.82) is 0 Å². The molecule has 0 radical (unpaired) electrons. The van der Waals surface area contributed by atoms with Crippen LogP contribution in [-0.4, -0.2) is 43.7 Å². The molecule has 1 heterocycles. The molecule has 2 atom stereocenters. The Morgan fingerprint density at radius 2 is 1.74 bits per heavy atom. The van der Waals surface area contributed by atoms with E-state index < -0.39 is 14.6 Å². The topological polar surface area (TPSA) is 55.4 Å². The highest BCUT2D eigenvalue weighted by Crippen LogP contribution is 2.46. The van der Waals surface area contributed by atoms with Crippen molar-refractivity contribution in [3.05, 3.63) is 0 Å². The van der Waals surface area contributed by atoms with Gasteiger partial charge in [-0.15, -0.1) is 0 Å². The van der Waals surface area contributed by atoms with Crippen LogP contribution in [0.1, 0.15) is 48.0 Å². The van der Waals surface area contributed by atoms with E-state index >= 15 is 0 Å². The maximum absolute atomic E-state index is 12.1. The molecule has 1 fully saturated rings. The van der Waals surface area contributed by atoms with E-state index in [9.17, 15) is 8.42 Å². The van der Waals surface area contributed by atoms with E-state index in [1.165, 1.54) is 6.26 Å². The van der Waals surface area contributed by atoms with Gasteiger partial charge in [0.15, 0.2) is 9.84 Å². The summed E-state index contributed by atoms with van der Waals surface area (Å²) in [7, 11) is -1.32. The lowest BCUT2D eigenvalue weighted by Gasteiger charge is -2.41.